The zero-order valence-electron chi connectivity index (χ0n) is 33.0. The van der Waals surface area contributed by atoms with Crippen LogP contribution in [0.25, 0.3) is 33.4 Å². The van der Waals surface area contributed by atoms with Gasteiger partial charge < -0.3 is 4.90 Å². The van der Waals surface area contributed by atoms with E-state index < -0.39 is 0 Å². The molecule has 6 aromatic carbocycles. The lowest BCUT2D eigenvalue weighted by molar-refractivity contribution is -0.0399. The Balaban J connectivity index is 1.04. The predicted molar refractivity (Wildman–Crippen MR) is 231 cm³/mol. The molecule has 0 unspecified atom stereocenters. The minimum Gasteiger partial charge on any atom is -0.310 e. The standard InChI is InChI=1S/C54H53N/c1-52(2)26-27-53(3,4)51-48(52)18-11-19-50(51)55(44-15-10-14-39(33-44)37-12-6-5-7-13-37)43-23-20-38(21-24-43)40-22-25-46-45-16-8-9-17-47(45)54(49(46)34-40)41-29-35-28-36(31-41)32-42(54)30-35/h5-25,33-36,41-42H,26-32H2,1-4H3. The van der Waals surface area contributed by atoms with Crippen molar-refractivity contribution in [2.45, 2.75) is 88.9 Å². The largest absolute Gasteiger partial charge is 0.310 e. The van der Waals surface area contributed by atoms with Crippen molar-refractivity contribution in [1.29, 1.82) is 0 Å². The van der Waals surface area contributed by atoms with E-state index in [0.29, 0.717) is 0 Å². The number of hydrogen-bond acceptors (Lipinski definition) is 1. The highest BCUT2D eigenvalue weighted by atomic mass is 15.1. The number of benzene rings is 6. The molecule has 0 aliphatic heterocycles. The van der Waals surface area contributed by atoms with E-state index in [-0.39, 0.29) is 16.2 Å². The van der Waals surface area contributed by atoms with E-state index in [1.807, 2.05) is 0 Å². The molecule has 6 aliphatic carbocycles. The summed E-state index contributed by atoms with van der Waals surface area (Å²) in [7, 11) is 0. The van der Waals surface area contributed by atoms with Gasteiger partial charge >= 0.3 is 0 Å². The van der Waals surface area contributed by atoms with Gasteiger partial charge in [-0.3, -0.25) is 0 Å². The highest BCUT2D eigenvalue weighted by Gasteiger charge is 2.61. The van der Waals surface area contributed by atoms with Crippen molar-refractivity contribution in [1.82, 2.24) is 0 Å². The van der Waals surface area contributed by atoms with Crippen LogP contribution in [0.2, 0.25) is 0 Å². The summed E-state index contributed by atoms with van der Waals surface area (Å²) in [5.74, 6) is 3.44. The molecule has 0 N–H and O–H groups in total. The molecular weight excluding hydrogens is 663 g/mol. The molecule has 4 fully saturated rings. The van der Waals surface area contributed by atoms with Crippen molar-refractivity contribution in [3.63, 3.8) is 0 Å². The van der Waals surface area contributed by atoms with Gasteiger partial charge in [0.25, 0.3) is 0 Å². The second-order valence-corrected chi connectivity index (χ2v) is 19.2. The van der Waals surface area contributed by atoms with E-state index >= 15 is 0 Å². The molecular formula is C54H53N. The number of rotatable bonds is 5. The van der Waals surface area contributed by atoms with Crippen molar-refractivity contribution in [3.8, 4) is 33.4 Å². The van der Waals surface area contributed by atoms with Gasteiger partial charge in [0.15, 0.2) is 0 Å². The van der Waals surface area contributed by atoms with Crippen LogP contribution in [-0.2, 0) is 16.2 Å². The van der Waals surface area contributed by atoms with Gasteiger partial charge in [-0.05, 0) is 171 Å². The minimum atomic E-state index is 0.0621. The first kappa shape index (κ1) is 33.5. The van der Waals surface area contributed by atoms with E-state index in [4.69, 9.17) is 0 Å². The third-order valence-corrected chi connectivity index (χ3v) is 15.3. The topological polar surface area (TPSA) is 3.24 Å². The molecule has 0 heterocycles. The molecule has 6 aliphatic rings. The first-order valence-corrected chi connectivity index (χ1v) is 21.2. The maximum Gasteiger partial charge on any atom is 0.0502 e. The molecule has 4 bridgehead atoms. The monoisotopic (exact) mass is 715 g/mol. The van der Waals surface area contributed by atoms with Crippen LogP contribution in [0.1, 0.15) is 94.9 Å². The second kappa shape index (κ2) is 12.1. The van der Waals surface area contributed by atoms with Gasteiger partial charge in [0, 0.05) is 16.8 Å². The minimum absolute atomic E-state index is 0.0621. The van der Waals surface area contributed by atoms with Crippen LogP contribution in [0.4, 0.5) is 17.1 Å². The molecule has 55 heavy (non-hydrogen) atoms. The molecule has 1 nitrogen and oxygen atoms in total. The van der Waals surface area contributed by atoms with Crippen molar-refractivity contribution >= 4 is 17.1 Å². The molecule has 4 saturated carbocycles. The summed E-state index contributed by atoms with van der Waals surface area (Å²) >= 11 is 0. The van der Waals surface area contributed by atoms with Gasteiger partial charge in [-0.1, -0.05) is 131 Å². The highest BCUT2D eigenvalue weighted by Crippen LogP contribution is 2.69. The predicted octanol–water partition coefficient (Wildman–Crippen LogP) is 14.6. The van der Waals surface area contributed by atoms with Crippen LogP contribution >= 0.6 is 0 Å². The number of hydrogen-bond donors (Lipinski definition) is 0. The highest BCUT2D eigenvalue weighted by molar-refractivity contribution is 5.87. The van der Waals surface area contributed by atoms with E-state index in [0.717, 1.165) is 23.7 Å². The molecule has 0 radical (unpaired) electrons. The third-order valence-electron chi connectivity index (χ3n) is 15.3. The summed E-state index contributed by atoms with van der Waals surface area (Å²) in [4.78, 5) is 2.54. The fourth-order valence-electron chi connectivity index (χ4n) is 12.9. The lowest BCUT2D eigenvalue weighted by Gasteiger charge is -2.61. The maximum atomic E-state index is 2.63. The van der Waals surface area contributed by atoms with Crippen molar-refractivity contribution < 1.29 is 0 Å². The Morgan fingerprint density at radius 1 is 0.436 bits per heavy atom. The van der Waals surface area contributed by atoms with Gasteiger partial charge in [0.2, 0.25) is 0 Å². The van der Waals surface area contributed by atoms with Gasteiger partial charge in [-0.15, -0.1) is 0 Å². The van der Waals surface area contributed by atoms with Crippen LogP contribution < -0.4 is 4.90 Å². The normalized spacial score (nSPS) is 26.0. The van der Waals surface area contributed by atoms with E-state index in [1.165, 1.54) is 107 Å². The van der Waals surface area contributed by atoms with Crippen LogP contribution in [0.3, 0.4) is 0 Å². The molecule has 12 rings (SSSR count). The Kier molecular flexibility index (Phi) is 7.34. The van der Waals surface area contributed by atoms with Gasteiger partial charge in [0.05, 0.1) is 5.69 Å². The molecule has 0 amide bonds. The second-order valence-electron chi connectivity index (χ2n) is 19.2. The van der Waals surface area contributed by atoms with Crippen molar-refractivity contribution in [2.24, 2.45) is 23.7 Å². The molecule has 0 aromatic heterocycles. The molecule has 1 heteroatoms. The number of nitrogens with zero attached hydrogens (tertiary/aromatic N) is 1. The summed E-state index contributed by atoms with van der Waals surface area (Å²) in [6, 6.07) is 53.5. The fourth-order valence-corrected chi connectivity index (χ4v) is 12.9. The van der Waals surface area contributed by atoms with E-state index in [2.05, 4.69) is 172 Å². The zero-order valence-corrected chi connectivity index (χ0v) is 33.0. The first-order valence-electron chi connectivity index (χ1n) is 21.2. The SMILES string of the molecule is CC1(C)CCC(C)(C)c2c(N(c3ccc(-c4ccc5c(c4)C4(c6ccccc6-5)C5CC6CC(C5)CC4C6)cc3)c3cccc(-c4ccccc4)c3)cccc21. The van der Waals surface area contributed by atoms with E-state index in [1.54, 1.807) is 11.1 Å². The Morgan fingerprint density at radius 2 is 1.02 bits per heavy atom. The quantitative estimate of drug-likeness (QED) is 0.172. The van der Waals surface area contributed by atoms with Crippen molar-refractivity contribution in [2.75, 3.05) is 4.90 Å². The molecule has 274 valence electrons. The van der Waals surface area contributed by atoms with Gasteiger partial charge in [0.1, 0.15) is 0 Å². The van der Waals surface area contributed by atoms with Gasteiger partial charge in [-0.25, -0.2) is 0 Å². The Labute approximate surface area is 328 Å². The van der Waals surface area contributed by atoms with Crippen LogP contribution in [-0.4, -0.2) is 0 Å². The Morgan fingerprint density at radius 3 is 1.78 bits per heavy atom. The molecule has 1 spiro atoms. The smallest absolute Gasteiger partial charge is 0.0502 e. The fraction of sp³-hybridized carbons (Fsp3) is 0.333. The molecule has 0 saturated heterocycles. The maximum absolute atomic E-state index is 2.63. The first-order chi connectivity index (χ1) is 26.7. The summed E-state index contributed by atoms with van der Waals surface area (Å²) < 4.78 is 0. The van der Waals surface area contributed by atoms with Crippen LogP contribution in [0.5, 0.6) is 0 Å². The Bertz CT molecular complexity index is 2420. The van der Waals surface area contributed by atoms with E-state index in [9.17, 15) is 0 Å². The summed E-state index contributed by atoms with van der Waals surface area (Å²) in [6.45, 7) is 9.77. The zero-order chi connectivity index (χ0) is 37.1. The molecule has 0 atom stereocenters. The third kappa shape index (κ3) is 4.97. The summed E-state index contributed by atoms with van der Waals surface area (Å²) in [5.41, 5.74) is 18.4. The lowest BCUT2D eigenvalue weighted by Crippen LogP contribution is -2.55. The summed E-state index contributed by atoms with van der Waals surface area (Å²) in [5, 5.41) is 0. The lowest BCUT2D eigenvalue weighted by atomic mass is 9.43. The van der Waals surface area contributed by atoms with Crippen LogP contribution in [0, 0.1) is 23.7 Å². The Hall–Kier alpha value is -4.88. The van der Waals surface area contributed by atoms with Gasteiger partial charge in [-0.2, -0.15) is 0 Å². The average molecular weight is 716 g/mol. The summed E-state index contributed by atoms with van der Waals surface area (Å²) in [6.07, 6.45) is 9.52. The number of anilines is 3. The average Bonchev–Trinajstić information content (AvgIpc) is 3.49. The number of fused-ring (bicyclic) bond motifs is 4. The molecule has 6 aromatic rings. The van der Waals surface area contributed by atoms with Crippen molar-refractivity contribution in [3.05, 3.63) is 162 Å². The van der Waals surface area contributed by atoms with Crippen LogP contribution in [0.15, 0.2) is 140 Å².